The van der Waals surface area contributed by atoms with Gasteiger partial charge in [0, 0.05) is 18.8 Å². The molecule has 0 aliphatic rings. The number of carbonyl (C=O) groups is 1. The smallest absolute Gasteiger partial charge is 0.274 e. The van der Waals surface area contributed by atoms with E-state index in [0.29, 0.717) is 17.9 Å². The van der Waals surface area contributed by atoms with Gasteiger partial charge in [0.15, 0.2) is 12.1 Å². The number of pyridine rings is 1. The van der Waals surface area contributed by atoms with Gasteiger partial charge in [0.2, 0.25) is 0 Å². The molecule has 2 aromatic rings. The summed E-state index contributed by atoms with van der Waals surface area (Å²) in [7, 11) is 0. The van der Waals surface area contributed by atoms with Crippen molar-refractivity contribution in [2.24, 2.45) is 0 Å². The van der Waals surface area contributed by atoms with Gasteiger partial charge in [-0.1, -0.05) is 32.8 Å². The summed E-state index contributed by atoms with van der Waals surface area (Å²) in [5.41, 5.74) is 1.39. The lowest BCUT2D eigenvalue weighted by molar-refractivity contribution is 0.0927. The number of hydrogen-bond donors (Lipinski definition) is 1. The predicted molar refractivity (Wildman–Crippen MR) is 79.9 cm³/mol. The minimum atomic E-state index is -0.189. The summed E-state index contributed by atoms with van der Waals surface area (Å²) in [6, 6.07) is 3.82. The van der Waals surface area contributed by atoms with Gasteiger partial charge >= 0.3 is 0 Å². The van der Waals surface area contributed by atoms with Crippen molar-refractivity contribution in [3.05, 3.63) is 47.9 Å². The van der Waals surface area contributed by atoms with Crippen LogP contribution in [-0.2, 0) is 6.42 Å². The minimum Gasteiger partial charge on any atom is -0.448 e. The number of nitrogens with one attached hydrogen (secondary N) is 1. The van der Waals surface area contributed by atoms with Crippen LogP contribution in [0.1, 0.15) is 61.0 Å². The van der Waals surface area contributed by atoms with Crippen LogP contribution < -0.4 is 5.32 Å². The van der Waals surface area contributed by atoms with E-state index >= 15 is 0 Å². The number of oxazole rings is 1. The fraction of sp³-hybridized carbons (Fsp3) is 0.438. The van der Waals surface area contributed by atoms with E-state index in [9.17, 15) is 4.79 Å². The Labute approximate surface area is 124 Å². The van der Waals surface area contributed by atoms with Gasteiger partial charge in [-0.2, -0.15) is 0 Å². The first-order chi connectivity index (χ1) is 10.3. The van der Waals surface area contributed by atoms with E-state index in [4.69, 9.17) is 4.42 Å². The molecule has 0 aliphatic heterocycles. The molecule has 2 rings (SSSR count). The van der Waals surface area contributed by atoms with Gasteiger partial charge < -0.3 is 9.73 Å². The van der Waals surface area contributed by atoms with E-state index in [1.807, 2.05) is 19.1 Å². The van der Waals surface area contributed by atoms with Crippen LogP contribution in [0.4, 0.5) is 0 Å². The van der Waals surface area contributed by atoms with Crippen LogP contribution >= 0.6 is 0 Å². The summed E-state index contributed by atoms with van der Waals surface area (Å²) >= 11 is 0. The highest BCUT2D eigenvalue weighted by Crippen LogP contribution is 2.19. The normalized spacial score (nSPS) is 12.1. The SMILES string of the molecule is CCCC[C@H](NC(=O)c1ncoc1CC)c1cccnc1. The van der Waals surface area contributed by atoms with Crippen LogP contribution in [0, 0.1) is 0 Å². The molecule has 112 valence electrons. The van der Waals surface area contributed by atoms with Crippen molar-refractivity contribution in [2.75, 3.05) is 0 Å². The highest BCUT2D eigenvalue weighted by Gasteiger charge is 2.20. The zero-order valence-electron chi connectivity index (χ0n) is 12.5. The van der Waals surface area contributed by atoms with Gasteiger partial charge in [0.1, 0.15) is 5.76 Å². The molecular formula is C16H21N3O2. The summed E-state index contributed by atoms with van der Waals surface area (Å²) in [4.78, 5) is 20.5. The van der Waals surface area contributed by atoms with Crippen molar-refractivity contribution in [3.63, 3.8) is 0 Å². The second kappa shape index (κ2) is 7.57. The molecule has 1 N–H and O–H groups in total. The Hall–Kier alpha value is -2.17. The van der Waals surface area contributed by atoms with Crippen LogP contribution in [0.5, 0.6) is 0 Å². The average molecular weight is 287 g/mol. The van der Waals surface area contributed by atoms with Crippen LogP contribution in [0.15, 0.2) is 35.3 Å². The first-order valence-electron chi connectivity index (χ1n) is 7.39. The lowest BCUT2D eigenvalue weighted by Gasteiger charge is -2.18. The zero-order chi connectivity index (χ0) is 15.1. The van der Waals surface area contributed by atoms with Crippen molar-refractivity contribution < 1.29 is 9.21 Å². The lowest BCUT2D eigenvalue weighted by atomic mass is 10.0. The number of carbonyl (C=O) groups excluding carboxylic acids is 1. The first-order valence-corrected chi connectivity index (χ1v) is 7.39. The number of amides is 1. The quantitative estimate of drug-likeness (QED) is 0.848. The first kappa shape index (κ1) is 15.2. The van der Waals surface area contributed by atoms with Crippen LogP contribution in [0.25, 0.3) is 0 Å². The Balaban J connectivity index is 2.13. The molecule has 0 spiro atoms. The molecule has 0 bridgehead atoms. The molecule has 0 radical (unpaired) electrons. The topological polar surface area (TPSA) is 68.0 Å². The maximum Gasteiger partial charge on any atom is 0.274 e. The van der Waals surface area contributed by atoms with Gasteiger partial charge in [-0.15, -0.1) is 0 Å². The number of rotatable bonds is 7. The summed E-state index contributed by atoms with van der Waals surface area (Å²) in [6.45, 7) is 4.07. The predicted octanol–water partition coefficient (Wildman–Crippen LogP) is 3.29. The number of unbranched alkanes of at least 4 members (excludes halogenated alkanes) is 1. The number of aryl methyl sites for hydroxylation is 1. The average Bonchev–Trinajstić information content (AvgIpc) is 3.00. The zero-order valence-corrected chi connectivity index (χ0v) is 12.5. The monoisotopic (exact) mass is 287 g/mol. The molecule has 1 amide bonds. The van der Waals surface area contributed by atoms with E-state index in [2.05, 4.69) is 22.2 Å². The minimum absolute atomic E-state index is 0.0486. The largest absolute Gasteiger partial charge is 0.448 e. The molecule has 2 heterocycles. The summed E-state index contributed by atoms with van der Waals surface area (Å²) in [5.74, 6) is 0.429. The molecule has 21 heavy (non-hydrogen) atoms. The Morgan fingerprint density at radius 1 is 1.43 bits per heavy atom. The molecule has 0 saturated carbocycles. The molecule has 0 saturated heterocycles. The number of aromatic nitrogens is 2. The highest BCUT2D eigenvalue weighted by atomic mass is 16.3. The highest BCUT2D eigenvalue weighted by molar-refractivity contribution is 5.93. The van der Waals surface area contributed by atoms with Crippen molar-refractivity contribution >= 4 is 5.91 Å². The van der Waals surface area contributed by atoms with E-state index in [1.54, 1.807) is 12.4 Å². The Kier molecular flexibility index (Phi) is 5.49. The summed E-state index contributed by atoms with van der Waals surface area (Å²) in [5, 5.41) is 3.04. The van der Waals surface area contributed by atoms with Gasteiger partial charge in [-0.3, -0.25) is 9.78 Å². The third kappa shape index (κ3) is 3.90. The molecular weight excluding hydrogens is 266 g/mol. The van der Waals surface area contributed by atoms with Gasteiger partial charge in [-0.25, -0.2) is 4.98 Å². The van der Waals surface area contributed by atoms with Crippen molar-refractivity contribution in [2.45, 2.75) is 45.6 Å². The van der Waals surface area contributed by atoms with Crippen molar-refractivity contribution in [1.82, 2.24) is 15.3 Å². The van der Waals surface area contributed by atoms with Crippen molar-refractivity contribution in [3.8, 4) is 0 Å². The van der Waals surface area contributed by atoms with E-state index in [0.717, 1.165) is 24.8 Å². The molecule has 1 atom stereocenters. The number of nitrogens with zero attached hydrogens (tertiary/aromatic N) is 2. The second-order valence-corrected chi connectivity index (χ2v) is 4.93. The molecule has 0 aliphatic carbocycles. The number of hydrogen-bond acceptors (Lipinski definition) is 4. The molecule has 0 fully saturated rings. The van der Waals surface area contributed by atoms with Crippen LogP contribution in [0.2, 0.25) is 0 Å². The van der Waals surface area contributed by atoms with E-state index < -0.39 is 0 Å². The van der Waals surface area contributed by atoms with Crippen LogP contribution in [0.3, 0.4) is 0 Å². The lowest BCUT2D eigenvalue weighted by Crippen LogP contribution is -2.29. The molecule has 2 aromatic heterocycles. The van der Waals surface area contributed by atoms with Gasteiger partial charge in [-0.05, 0) is 18.1 Å². The van der Waals surface area contributed by atoms with E-state index in [1.165, 1.54) is 6.39 Å². The molecule has 0 unspecified atom stereocenters. The third-order valence-corrected chi connectivity index (χ3v) is 3.42. The van der Waals surface area contributed by atoms with Gasteiger partial charge in [0.05, 0.1) is 6.04 Å². The van der Waals surface area contributed by atoms with Gasteiger partial charge in [0.25, 0.3) is 5.91 Å². The maximum atomic E-state index is 12.4. The van der Waals surface area contributed by atoms with Crippen LogP contribution in [-0.4, -0.2) is 15.9 Å². The maximum absolute atomic E-state index is 12.4. The molecule has 5 heteroatoms. The van der Waals surface area contributed by atoms with Crippen molar-refractivity contribution in [1.29, 1.82) is 0 Å². The molecule has 5 nitrogen and oxygen atoms in total. The fourth-order valence-corrected chi connectivity index (χ4v) is 2.25. The Morgan fingerprint density at radius 2 is 2.29 bits per heavy atom. The summed E-state index contributed by atoms with van der Waals surface area (Å²) < 4.78 is 5.22. The Morgan fingerprint density at radius 3 is 2.95 bits per heavy atom. The standard InChI is InChI=1S/C16H21N3O2/c1-3-5-8-13(12-7-6-9-17-10-12)19-16(20)15-14(4-2)21-11-18-15/h6-7,9-11,13H,3-5,8H2,1-2H3,(H,19,20)/t13-/m0/s1. The Bertz CT molecular complexity index is 566. The molecule has 0 aromatic carbocycles. The third-order valence-electron chi connectivity index (χ3n) is 3.42. The second-order valence-electron chi connectivity index (χ2n) is 4.93. The fourth-order valence-electron chi connectivity index (χ4n) is 2.25. The summed E-state index contributed by atoms with van der Waals surface area (Å²) in [6.07, 6.45) is 8.50. The van der Waals surface area contributed by atoms with E-state index in [-0.39, 0.29) is 11.9 Å².